The number of ether oxygens (including phenoxy) is 3. The van der Waals surface area contributed by atoms with E-state index in [4.69, 9.17) is 14.2 Å². The summed E-state index contributed by atoms with van der Waals surface area (Å²) in [5.74, 6) is 1.71. The highest BCUT2D eigenvalue weighted by Crippen LogP contribution is 2.43. The fraction of sp³-hybridized carbons (Fsp3) is 0.476. The number of hydrogen-bond donors (Lipinski definition) is 0. The lowest BCUT2D eigenvalue weighted by molar-refractivity contribution is -0.130. The predicted molar refractivity (Wildman–Crippen MR) is 99.2 cm³/mol. The normalized spacial score (nSPS) is 24.0. The van der Waals surface area contributed by atoms with Crippen LogP contribution in [0.3, 0.4) is 0 Å². The van der Waals surface area contributed by atoms with Crippen LogP contribution in [0.25, 0.3) is 0 Å². The van der Waals surface area contributed by atoms with E-state index in [1.165, 1.54) is 0 Å². The number of carbonyl (C=O) groups is 1. The van der Waals surface area contributed by atoms with Crippen molar-refractivity contribution in [3.8, 4) is 11.5 Å². The zero-order valence-corrected chi connectivity index (χ0v) is 15.6. The van der Waals surface area contributed by atoms with E-state index in [2.05, 4.69) is 13.5 Å². The molecule has 0 unspecified atom stereocenters. The van der Waals surface area contributed by atoms with Gasteiger partial charge in [-0.05, 0) is 49.0 Å². The van der Waals surface area contributed by atoms with E-state index in [1.54, 1.807) is 27.4 Å². The summed E-state index contributed by atoms with van der Waals surface area (Å²) in [6.07, 6.45) is 7.42. The molecular formula is C21H28O4. The first kappa shape index (κ1) is 19.3. The number of ketones is 1. The van der Waals surface area contributed by atoms with Gasteiger partial charge in [0.1, 0.15) is 0 Å². The van der Waals surface area contributed by atoms with Crippen molar-refractivity contribution < 1.29 is 19.0 Å². The molecule has 0 aromatic heterocycles. The molecule has 1 aliphatic carbocycles. The van der Waals surface area contributed by atoms with Gasteiger partial charge in [-0.15, -0.1) is 6.58 Å². The standard InChI is InChI=1S/C21H28O4/c1-6-11-21(14-17(23-3)8-10-20(21)22)15(2)12-16-7-9-18(24-4)19(13-16)25-5/h6-10,13,15,17H,1,11-12,14H2,2-5H3/t15-,17-,21+/m1/s1. The van der Waals surface area contributed by atoms with E-state index in [9.17, 15) is 4.79 Å². The number of allylic oxidation sites excluding steroid dienone is 2. The Bertz CT molecular complexity index is 649. The van der Waals surface area contributed by atoms with Gasteiger partial charge in [0, 0.05) is 12.5 Å². The SMILES string of the molecule is C=CC[C@@]1([C@H](C)Cc2ccc(OC)c(OC)c2)C[C@H](OC)C=CC1=O. The summed E-state index contributed by atoms with van der Waals surface area (Å²) < 4.78 is 16.2. The van der Waals surface area contributed by atoms with Gasteiger partial charge in [0.05, 0.1) is 20.3 Å². The third kappa shape index (κ3) is 3.96. The lowest BCUT2D eigenvalue weighted by atomic mass is 9.63. The van der Waals surface area contributed by atoms with E-state index in [-0.39, 0.29) is 17.8 Å². The summed E-state index contributed by atoms with van der Waals surface area (Å²) in [5, 5.41) is 0. The van der Waals surface area contributed by atoms with Crippen molar-refractivity contribution in [2.45, 2.75) is 32.3 Å². The summed E-state index contributed by atoms with van der Waals surface area (Å²) >= 11 is 0. The van der Waals surface area contributed by atoms with Gasteiger partial charge in [-0.3, -0.25) is 4.79 Å². The van der Waals surface area contributed by atoms with Crippen LogP contribution in [0.15, 0.2) is 43.0 Å². The molecule has 0 bridgehead atoms. The second kappa shape index (κ2) is 8.34. The van der Waals surface area contributed by atoms with E-state index in [0.717, 1.165) is 12.0 Å². The minimum absolute atomic E-state index is 0.0366. The number of benzene rings is 1. The van der Waals surface area contributed by atoms with Gasteiger partial charge < -0.3 is 14.2 Å². The van der Waals surface area contributed by atoms with Crippen molar-refractivity contribution >= 4 is 5.78 Å². The Hall–Kier alpha value is -2.07. The molecule has 3 atom stereocenters. The molecule has 2 rings (SSSR count). The van der Waals surface area contributed by atoms with Crippen LogP contribution in [0.4, 0.5) is 0 Å². The van der Waals surface area contributed by atoms with Crippen LogP contribution >= 0.6 is 0 Å². The van der Waals surface area contributed by atoms with Crippen LogP contribution < -0.4 is 9.47 Å². The Balaban J connectivity index is 2.29. The Kier molecular flexibility index (Phi) is 6.43. The maximum Gasteiger partial charge on any atom is 0.162 e. The molecule has 0 saturated carbocycles. The molecule has 0 saturated heterocycles. The first-order chi connectivity index (χ1) is 12.0. The topological polar surface area (TPSA) is 44.8 Å². The third-order valence-electron chi connectivity index (χ3n) is 5.26. The molecule has 0 aliphatic heterocycles. The molecule has 1 aromatic carbocycles. The minimum Gasteiger partial charge on any atom is -0.493 e. The van der Waals surface area contributed by atoms with Crippen molar-refractivity contribution in [2.75, 3.05) is 21.3 Å². The van der Waals surface area contributed by atoms with Gasteiger partial charge in [0.25, 0.3) is 0 Å². The predicted octanol–water partition coefficient (Wildman–Crippen LogP) is 3.99. The van der Waals surface area contributed by atoms with Gasteiger partial charge >= 0.3 is 0 Å². The van der Waals surface area contributed by atoms with Gasteiger partial charge in [0.15, 0.2) is 17.3 Å². The van der Waals surface area contributed by atoms with Gasteiger partial charge in [-0.25, -0.2) is 0 Å². The molecule has 25 heavy (non-hydrogen) atoms. The molecule has 4 heteroatoms. The molecule has 0 fully saturated rings. The molecule has 136 valence electrons. The van der Waals surface area contributed by atoms with Crippen molar-refractivity contribution in [3.05, 3.63) is 48.6 Å². The lowest BCUT2D eigenvalue weighted by Gasteiger charge is -2.40. The summed E-state index contributed by atoms with van der Waals surface area (Å²) in [7, 11) is 4.93. The van der Waals surface area contributed by atoms with Crippen LogP contribution in [-0.4, -0.2) is 33.2 Å². The molecule has 0 radical (unpaired) electrons. The Morgan fingerprint density at radius 3 is 2.60 bits per heavy atom. The van der Waals surface area contributed by atoms with Crippen LogP contribution in [0.5, 0.6) is 11.5 Å². The van der Waals surface area contributed by atoms with Crippen molar-refractivity contribution in [1.82, 2.24) is 0 Å². The fourth-order valence-corrected chi connectivity index (χ4v) is 3.69. The number of carbonyl (C=O) groups excluding carboxylic acids is 1. The van der Waals surface area contributed by atoms with Crippen molar-refractivity contribution in [1.29, 1.82) is 0 Å². The molecule has 4 nitrogen and oxygen atoms in total. The number of rotatable bonds is 8. The minimum atomic E-state index is -0.482. The van der Waals surface area contributed by atoms with Crippen LogP contribution in [0, 0.1) is 11.3 Å². The summed E-state index contributed by atoms with van der Waals surface area (Å²) in [6, 6.07) is 5.91. The smallest absolute Gasteiger partial charge is 0.162 e. The Morgan fingerprint density at radius 1 is 1.28 bits per heavy atom. The first-order valence-electron chi connectivity index (χ1n) is 8.58. The highest BCUT2D eigenvalue weighted by Gasteiger charge is 2.44. The maximum atomic E-state index is 12.8. The summed E-state index contributed by atoms with van der Waals surface area (Å²) in [4.78, 5) is 12.8. The second-order valence-electron chi connectivity index (χ2n) is 6.65. The zero-order valence-electron chi connectivity index (χ0n) is 15.6. The fourth-order valence-electron chi connectivity index (χ4n) is 3.69. The Labute approximate surface area is 150 Å². The molecule has 1 aliphatic rings. The largest absolute Gasteiger partial charge is 0.493 e. The maximum absolute atomic E-state index is 12.8. The van der Waals surface area contributed by atoms with E-state index in [0.29, 0.717) is 24.3 Å². The Morgan fingerprint density at radius 2 is 2.00 bits per heavy atom. The van der Waals surface area contributed by atoms with Crippen LogP contribution in [-0.2, 0) is 16.0 Å². The van der Waals surface area contributed by atoms with Crippen LogP contribution in [0.2, 0.25) is 0 Å². The second-order valence-corrected chi connectivity index (χ2v) is 6.65. The quantitative estimate of drug-likeness (QED) is 0.669. The highest BCUT2D eigenvalue weighted by molar-refractivity contribution is 5.96. The monoisotopic (exact) mass is 344 g/mol. The van der Waals surface area contributed by atoms with E-state index in [1.807, 2.05) is 30.4 Å². The van der Waals surface area contributed by atoms with Gasteiger partial charge in [-0.2, -0.15) is 0 Å². The highest BCUT2D eigenvalue weighted by atomic mass is 16.5. The third-order valence-corrected chi connectivity index (χ3v) is 5.26. The summed E-state index contributed by atoms with van der Waals surface area (Å²) in [5.41, 5.74) is 0.634. The van der Waals surface area contributed by atoms with Crippen LogP contribution in [0.1, 0.15) is 25.3 Å². The zero-order chi connectivity index (χ0) is 18.4. The molecule has 1 aromatic rings. The van der Waals surface area contributed by atoms with Crippen molar-refractivity contribution in [2.24, 2.45) is 11.3 Å². The average molecular weight is 344 g/mol. The molecule has 0 spiro atoms. The molecule has 0 N–H and O–H groups in total. The van der Waals surface area contributed by atoms with E-state index >= 15 is 0 Å². The molecule has 0 heterocycles. The van der Waals surface area contributed by atoms with Crippen molar-refractivity contribution in [3.63, 3.8) is 0 Å². The van der Waals surface area contributed by atoms with Gasteiger partial charge in [-0.1, -0.05) is 25.1 Å². The first-order valence-corrected chi connectivity index (χ1v) is 8.58. The lowest BCUT2D eigenvalue weighted by Crippen LogP contribution is -2.43. The number of methoxy groups -OCH3 is 3. The van der Waals surface area contributed by atoms with Gasteiger partial charge in [0.2, 0.25) is 0 Å². The molecular weight excluding hydrogens is 316 g/mol. The molecule has 0 amide bonds. The number of hydrogen-bond acceptors (Lipinski definition) is 4. The van der Waals surface area contributed by atoms with E-state index < -0.39 is 5.41 Å². The summed E-state index contributed by atoms with van der Waals surface area (Å²) in [6.45, 7) is 6.00. The average Bonchev–Trinajstić information content (AvgIpc) is 2.63.